The minimum absolute atomic E-state index is 0.00905. The normalized spacial score (nSPS) is 31.7. The molecule has 6 atom stereocenters. The van der Waals surface area contributed by atoms with E-state index >= 15 is 0 Å². The fraction of sp³-hybridized carbons (Fsp3) is 0.625. The van der Waals surface area contributed by atoms with Gasteiger partial charge in [-0.2, -0.15) is 0 Å². The summed E-state index contributed by atoms with van der Waals surface area (Å²) >= 11 is 0. The van der Waals surface area contributed by atoms with Crippen molar-refractivity contribution in [2.45, 2.75) is 42.9 Å². The van der Waals surface area contributed by atoms with Gasteiger partial charge >= 0.3 is 25.0 Å². The standard InChI is InChI=1S/C32H43BN8O11/c42-25(34-10-21-3-5-22(6-4-21)30(48)35-11-26(43)40-7-1-2-24(40)33(49)50)14-36-8-9-37-16-28(46)52-32(20-37)39-17-29(47)51-31(19-39)18-38(15-27(44)45)13-23(12-36)41(31)32/h3-6,23-24,49-50H,1-2,7-20H2,(H,34,42)(H,35,48)(H,44,45)/t23?,24-,31?,32?/m0/s1. The monoisotopic (exact) mass is 726 g/mol. The van der Waals surface area contributed by atoms with Gasteiger partial charge in [0.1, 0.15) is 6.54 Å². The first-order valence-corrected chi connectivity index (χ1v) is 17.5. The predicted octanol–water partition coefficient (Wildman–Crippen LogP) is -4.50. The zero-order valence-electron chi connectivity index (χ0n) is 28.6. The van der Waals surface area contributed by atoms with E-state index < -0.39 is 60.4 Å². The van der Waals surface area contributed by atoms with Crippen LogP contribution in [0.15, 0.2) is 24.3 Å². The van der Waals surface area contributed by atoms with Crippen LogP contribution in [0.5, 0.6) is 0 Å². The van der Waals surface area contributed by atoms with E-state index in [-0.39, 0.29) is 64.8 Å². The molecule has 280 valence electrons. The predicted molar refractivity (Wildman–Crippen MR) is 177 cm³/mol. The van der Waals surface area contributed by atoms with E-state index in [1.54, 1.807) is 29.2 Å². The molecule has 6 saturated heterocycles. The topological polar surface area (TPSA) is 225 Å². The Kier molecular flexibility index (Phi) is 9.98. The van der Waals surface area contributed by atoms with Crippen LogP contribution in [0.4, 0.5) is 0 Å². The molecule has 1 aromatic carbocycles. The summed E-state index contributed by atoms with van der Waals surface area (Å²) in [6.07, 6.45) is 1.13. The maximum absolute atomic E-state index is 13.3. The summed E-state index contributed by atoms with van der Waals surface area (Å²) in [7, 11) is -1.64. The van der Waals surface area contributed by atoms with Crippen molar-refractivity contribution in [3.8, 4) is 0 Å². The van der Waals surface area contributed by atoms with Gasteiger partial charge in [0.05, 0.1) is 51.8 Å². The van der Waals surface area contributed by atoms with Crippen molar-refractivity contribution < 1.29 is 53.4 Å². The van der Waals surface area contributed by atoms with Crippen molar-refractivity contribution >= 4 is 42.7 Å². The lowest BCUT2D eigenvalue weighted by Crippen LogP contribution is -2.75. The zero-order valence-corrected chi connectivity index (χ0v) is 28.6. The molecule has 52 heavy (non-hydrogen) atoms. The third kappa shape index (κ3) is 7.11. The van der Waals surface area contributed by atoms with Crippen LogP contribution >= 0.6 is 0 Å². The van der Waals surface area contributed by atoms with Crippen LogP contribution in [0.3, 0.4) is 0 Å². The van der Waals surface area contributed by atoms with Crippen molar-refractivity contribution in [2.75, 3.05) is 85.1 Å². The number of likely N-dealkylation sites (tertiary alicyclic amines) is 1. The van der Waals surface area contributed by atoms with Crippen LogP contribution < -0.4 is 10.6 Å². The van der Waals surface area contributed by atoms with Gasteiger partial charge in [-0.1, -0.05) is 12.1 Å². The molecule has 6 heterocycles. The largest absolute Gasteiger partial charge is 0.480 e. The summed E-state index contributed by atoms with van der Waals surface area (Å²) in [6.45, 7) is 2.21. The number of carbonyl (C=O) groups is 6. The second-order valence-corrected chi connectivity index (χ2v) is 14.4. The SMILES string of the molecule is O=C(O)CN1CC2CN(CC(=O)NCc3ccc(C(=O)NCC(=O)N4CCC[C@H]4B(O)O)cc3)CCN3CC(=O)OC4(C3)N3CC(=O)OC(C1)(C3)N24. The van der Waals surface area contributed by atoms with Crippen molar-refractivity contribution in [1.82, 2.24) is 40.0 Å². The molecule has 0 radical (unpaired) electrons. The molecule has 1 aromatic rings. The van der Waals surface area contributed by atoms with Gasteiger partial charge in [-0.25, -0.2) is 9.80 Å². The molecule has 2 spiro atoms. The van der Waals surface area contributed by atoms with Crippen molar-refractivity contribution in [3.05, 3.63) is 35.4 Å². The average Bonchev–Trinajstić information content (AvgIpc) is 3.65. The number of piperazine rings is 1. The summed E-state index contributed by atoms with van der Waals surface area (Å²) < 4.78 is 12.1. The van der Waals surface area contributed by atoms with E-state index in [0.29, 0.717) is 51.1 Å². The van der Waals surface area contributed by atoms with Crippen LogP contribution in [0.1, 0.15) is 28.8 Å². The Morgan fingerprint density at radius 2 is 1.63 bits per heavy atom. The molecule has 7 rings (SSSR count). The van der Waals surface area contributed by atoms with Crippen LogP contribution in [0.2, 0.25) is 0 Å². The summed E-state index contributed by atoms with van der Waals surface area (Å²) in [5.41, 5.74) is -0.178. The van der Waals surface area contributed by atoms with Crippen LogP contribution in [0, 0.1) is 0 Å². The van der Waals surface area contributed by atoms with E-state index in [4.69, 9.17) is 9.47 Å². The zero-order chi connectivity index (χ0) is 36.8. The van der Waals surface area contributed by atoms with E-state index in [1.165, 1.54) is 4.90 Å². The number of nitrogens with one attached hydrogen (secondary N) is 2. The second-order valence-electron chi connectivity index (χ2n) is 14.4. The van der Waals surface area contributed by atoms with Crippen LogP contribution in [-0.2, 0) is 40.0 Å². The van der Waals surface area contributed by atoms with Crippen molar-refractivity contribution in [3.63, 3.8) is 0 Å². The number of amides is 3. The van der Waals surface area contributed by atoms with Crippen molar-refractivity contribution in [2.24, 2.45) is 0 Å². The molecular weight excluding hydrogens is 683 g/mol. The Labute approximate surface area is 299 Å². The number of rotatable bonds is 10. The highest BCUT2D eigenvalue weighted by atomic mass is 16.6. The number of carbonyl (C=O) groups excluding carboxylic acids is 5. The average molecular weight is 727 g/mol. The summed E-state index contributed by atoms with van der Waals surface area (Å²) in [5.74, 6) is -5.02. The van der Waals surface area contributed by atoms with Gasteiger partial charge in [-0.3, -0.25) is 43.5 Å². The van der Waals surface area contributed by atoms with Gasteiger partial charge < -0.3 is 40.2 Å². The maximum atomic E-state index is 13.3. The van der Waals surface area contributed by atoms with E-state index in [1.807, 2.05) is 19.6 Å². The van der Waals surface area contributed by atoms with Gasteiger partial charge in [-0.15, -0.1) is 0 Å². The quantitative estimate of drug-likeness (QED) is 0.113. The highest BCUT2D eigenvalue weighted by Crippen LogP contribution is 2.48. The number of aliphatic carboxylic acids is 1. The third-order valence-electron chi connectivity index (χ3n) is 10.7. The Morgan fingerprint density at radius 1 is 0.885 bits per heavy atom. The number of carboxylic acids is 1. The van der Waals surface area contributed by atoms with Crippen LogP contribution in [0.25, 0.3) is 0 Å². The second kappa shape index (κ2) is 14.3. The molecule has 6 fully saturated rings. The fourth-order valence-corrected chi connectivity index (χ4v) is 8.70. The molecule has 4 bridgehead atoms. The summed E-state index contributed by atoms with van der Waals surface area (Å²) in [6, 6.07) is 6.11. The molecule has 20 heteroatoms. The fourth-order valence-electron chi connectivity index (χ4n) is 8.70. The smallest absolute Gasteiger partial charge is 0.475 e. The molecule has 3 amide bonds. The molecule has 19 nitrogen and oxygen atoms in total. The number of carboxylic acid groups (broad SMARTS) is 1. The molecule has 6 aliphatic heterocycles. The molecule has 5 N–H and O–H groups in total. The number of benzene rings is 1. The van der Waals surface area contributed by atoms with Gasteiger partial charge in [0.15, 0.2) is 5.72 Å². The Balaban J connectivity index is 0.982. The summed E-state index contributed by atoms with van der Waals surface area (Å²) in [4.78, 5) is 87.0. The number of hydrogen-bond donors (Lipinski definition) is 5. The first-order chi connectivity index (χ1) is 24.8. The lowest BCUT2D eigenvalue weighted by atomic mass is 9.78. The van der Waals surface area contributed by atoms with Gasteiger partial charge in [0.25, 0.3) is 5.91 Å². The van der Waals surface area contributed by atoms with E-state index in [9.17, 15) is 43.9 Å². The Bertz CT molecular complexity index is 1620. The molecule has 0 aliphatic carbocycles. The van der Waals surface area contributed by atoms with Crippen molar-refractivity contribution in [1.29, 1.82) is 0 Å². The maximum Gasteiger partial charge on any atom is 0.475 e. The van der Waals surface area contributed by atoms with Gasteiger partial charge in [0, 0.05) is 50.9 Å². The minimum Gasteiger partial charge on any atom is -0.480 e. The molecular formula is C32H43BN8O11. The van der Waals surface area contributed by atoms with Gasteiger partial charge in [-0.05, 0) is 30.5 Å². The number of morpholine rings is 2. The lowest BCUT2D eigenvalue weighted by Gasteiger charge is -2.54. The number of hydrogen-bond acceptors (Lipinski definition) is 15. The Hall–Kier alpha value is -4.18. The number of nitrogens with zero attached hydrogens (tertiary/aromatic N) is 6. The van der Waals surface area contributed by atoms with E-state index in [0.717, 1.165) is 5.56 Å². The summed E-state index contributed by atoms with van der Waals surface area (Å²) in [5, 5.41) is 34.1. The minimum atomic E-state index is -1.64. The number of ether oxygens (including phenoxy) is 2. The number of fused-ring (bicyclic) bond motifs is 2. The highest BCUT2D eigenvalue weighted by molar-refractivity contribution is 6.43. The first-order valence-electron chi connectivity index (χ1n) is 17.5. The molecule has 5 unspecified atom stereocenters. The molecule has 6 aliphatic rings. The first kappa shape index (κ1) is 36.2. The highest BCUT2D eigenvalue weighted by Gasteiger charge is 2.71. The molecule has 0 aromatic heterocycles. The van der Waals surface area contributed by atoms with Crippen LogP contribution in [-0.4, -0.2) is 196 Å². The van der Waals surface area contributed by atoms with E-state index in [2.05, 4.69) is 10.6 Å². The number of esters is 2. The Morgan fingerprint density at radius 3 is 2.38 bits per heavy atom. The third-order valence-corrected chi connectivity index (χ3v) is 10.7. The molecule has 0 saturated carbocycles. The lowest BCUT2D eigenvalue weighted by molar-refractivity contribution is -0.272. The van der Waals surface area contributed by atoms with Gasteiger partial charge in [0.2, 0.25) is 17.7 Å².